The molecule has 0 rings (SSSR count). The van der Waals surface area contributed by atoms with Crippen LogP contribution in [0, 0.1) is 0 Å². The molecule has 0 aromatic rings. The van der Waals surface area contributed by atoms with Gasteiger partial charge in [0.25, 0.3) is 0 Å². The van der Waals surface area contributed by atoms with E-state index < -0.39 is 0 Å². The molecule has 0 aromatic heterocycles. The van der Waals surface area contributed by atoms with Gasteiger partial charge in [-0.05, 0) is 0 Å². The summed E-state index contributed by atoms with van der Waals surface area (Å²) in [5, 5.41) is 0.127. The van der Waals surface area contributed by atoms with E-state index in [0.717, 1.165) is 0 Å². The third-order valence-corrected chi connectivity index (χ3v) is 0.798. The van der Waals surface area contributed by atoms with E-state index in [4.69, 9.17) is 22.1 Å². The van der Waals surface area contributed by atoms with Crippen molar-refractivity contribution in [3.8, 4) is 0 Å². The van der Waals surface area contributed by atoms with Crippen molar-refractivity contribution >= 4 is 17.5 Å². The summed E-state index contributed by atoms with van der Waals surface area (Å²) < 4.78 is 4.74. The molecule has 0 radical (unpaired) electrons. The SMILES string of the molecule is C=C/N=C(\C=C(/N)Cl)OC. The van der Waals surface area contributed by atoms with Crippen LogP contribution in [0.4, 0.5) is 0 Å². The van der Waals surface area contributed by atoms with Crippen molar-refractivity contribution in [1.29, 1.82) is 0 Å². The zero-order valence-corrected chi connectivity index (χ0v) is 6.43. The van der Waals surface area contributed by atoms with Gasteiger partial charge in [0.15, 0.2) is 0 Å². The summed E-state index contributed by atoms with van der Waals surface area (Å²) in [7, 11) is 1.47. The summed E-state index contributed by atoms with van der Waals surface area (Å²) in [5.41, 5.74) is 5.13. The first-order valence-electron chi connectivity index (χ1n) is 2.56. The minimum Gasteiger partial charge on any atom is -0.481 e. The maximum absolute atomic E-state index is 5.33. The van der Waals surface area contributed by atoms with Gasteiger partial charge in [-0.15, -0.1) is 0 Å². The minimum atomic E-state index is 0.127. The second kappa shape index (κ2) is 4.88. The molecule has 0 aromatic carbocycles. The number of halogens is 1. The summed E-state index contributed by atoms with van der Waals surface area (Å²) in [6, 6.07) is 0. The number of nitrogens with two attached hydrogens (primary N) is 1. The highest BCUT2D eigenvalue weighted by molar-refractivity contribution is 6.30. The van der Waals surface area contributed by atoms with Crippen LogP contribution in [0.25, 0.3) is 0 Å². The number of nitrogens with zero attached hydrogens (tertiary/aromatic N) is 1. The van der Waals surface area contributed by atoms with E-state index in [1.807, 2.05) is 0 Å². The topological polar surface area (TPSA) is 47.6 Å². The van der Waals surface area contributed by atoms with Gasteiger partial charge < -0.3 is 10.5 Å². The van der Waals surface area contributed by atoms with E-state index >= 15 is 0 Å². The molecule has 0 heterocycles. The normalized spacial score (nSPS) is 13.0. The molecule has 0 saturated carbocycles. The molecule has 0 aliphatic rings. The molecule has 0 fully saturated rings. The van der Waals surface area contributed by atoms with Crippen molar-refractivity contribution in [2.24, 2.45) is 10.7 Å². The van der Waals surface area contributed by atoms with Gasteiger partial charge in [0.05, 0.1) is 7.11 Å². The van der Waals surface area contributed by atoms with Gasteiger partial charge in [-0.25, -0.2) is 4.99 Å². The van der Waals surface area contributed by atoms with Gasteiger partial charge in [0.1, 0.15) is 5.16 Å². The standard InChI is InChI=1S/C6H9ClN2O/c1-3-9-6(10-2)4-5(7)8/h3-4H,1,8H2,2H3/b5-4-,9-6+. The average molecular weight is 161 g/mol. The number of aliphatic imine (C=N–C) groups is 1. The molecule has 0 atom stereocenters. The fourth-order valence-corrected chi connectivity index (χ4v) is 0.450. The molecule has 0 unspecified atom stereocenters. The van der Waals surface area contributed by atoms with Crippen LogP contribution in [0.1, 0.15) is 0 Å². The third-order valence-electron chi connectivity index (χ3n) is 0.689. The summed E-state index contributed by atoms with van der Waals surface area (Å²) >= 11 is 5.33. The van der Waals surface area contributed by atoms with Crippen LogP contribution >= 0.6 is 11.6 Å². The largest absolute Gasteiger partial charge is 0.481 e. The molecule has 2 N–H and O–H groups in total. The Morgan fingerprint density at radius 3 is 2.70 bits per heavy atom. The van der Waals surface area contributed by atoms with Crippen molar-refractivity contribution in [3.63, 3.8) is 0 Å². The number of rotatable bonds is 2. The number of hydrogen-bond acceptors (Lipinski definition) is 3. The Hall–Kier alpha value is -0.960. The van der Waals surface area contributed by atoms with Crippen molar-refractivity contribution in [2.75, 3.05) is 7.11 Å². The van der Waals surface area contributed by atoms with Crippen LogP contribution in [0.3, 0.4) is 0 Å². The second-order valence-corrected chi connectivity index (χ2v) is 1.82. The van der Waals surface area contributed by atoms with Crippen LogP contribution in [0.5, 0.6) is 0 Å². The Kier molecular flexibility index (Phi) is 4.41. The molecule has 0 aliphatic heterocycles. The highest BCUT2D eigenvalue weighted by Crippen LogP contribution is 1.92. The van der Waals surface area contributed by atoms with Gasteiger partial charge in [-0.2, -0.15) is 0 Å². The number of methoxy groups -OCH3 is 1. The average Bonchev–Trinajstić information content (AvgIpc) is 1.86. The van der Waals surface area contributed by atoms with Gasteiger partial charge in [-0.3, -0.25) is 0 Å². The zero-order valence-electron chi connectivity index (χ0n) is 5.67. The Morgan fingerprint density at radius 2 is 2.40 bits per heavy atom. The zero-order chi connectivity index (χ0) is 7.98. The smallest absolute Gasteiger partial charge is 0.215 e. The third kappa shape index (κ3) is 3.97. The molecule has 0 saturated heterocycles. The lowest BCUT2D eigenvalue weighted by molar-refractivity contribution is 0.407. The fraction of sp³-hybridized carbons (Fsp3) is 0.167. The van der Waals surface area contributed by atoms with E-state index in [-0.39, 0.29) is 5.16 Å². The quantitative estimate of drug-likeness (QED) is 0.375. The molecule has 3 nitrogen and oxygen atoms in total. The van der Waals surface area contributed by atoms with E-state index in [1.54, 1.807) is 0 Å². The van der Waals surface area contributed by atoms with Gasteiger partial charge in [-0.1, -0.05) is 18.2 Å². The molecule has 0 spiro atoms. The Balaban J connectivity index is 4.22. The molecular formula is C6H9ClN2O. The lowest BCUT2D eigenvalue weighted by Crippen LogP contribution is -1.99. The predicted octanol–water partition coefficient (Wildman–Crippen LogP) is 1.21. The van der Waals surface area contributed by atoms with Crippen LogP contribution < -0.4 is 5.73 Å². The van der Waals surface area contributed by atoms with E-state index in [9.17, 15) is 0 Å². The Bertz CT molecular complexity index is 168. The molecular weight excluding hydrogens is 152 g/mol. The first-order valence-corrected chi connectivity index (χ1v) is 2.94. The summed E-state index contributed by atoms with van der Waals surface area (Å²) in [5.74, 6) is 0.336. The molecule has 10 heavy (non-hydrogen) atoms. The number of ether oxygens (including phenoxy) is 1. The first kappa shape index (κ1) is 9.04. The predicted molar refractivity (Wildman–Crippen MR) is 42.8 cm³/mol. The van der Waals surface area contributed by atoms with Gasteiger partial charge in [0, 0.05) is 12.3 Å². The summed E-state index contributed by atoms with van der Waals surface area (Å²) in [6.45, 7) is 3.38. The highest BCUT2D eigenvalue weighted by atomic mass is 35.5. The van der Waals surface area contributed by atoms with Gasteiger partial charge in [0.2, 0.25) is 5.90 Å². The molecule has 0 amide bonds. The molecule has 56 valence electrons. The lowest BCUT2D eigenvalue weighted by Gasteiger charge is -1.95. The van der Waals surface area contributed by atoms with Crippen LogP contribution in [0.15, 0.2) is 29.0 Å². The molecule has 4 heteroatoms. The first-order chi connectivity index (χ1) is 4.70. The Labute approximate surface area is 64.8 Å². The van der Waals surface area contributed by atoms with E-state index in [2.05, 4.69) is 11.6 Å². The van der Waals surface area contributed by atoms with Crippen molar-refractivity contribution in [3.05, 3.63) is 24.0 Å². The van der Waals surface area contributed by atoms with Gasteiger partial charge >= 0.3 is 0 Å². The van der Waals surface area contributed by atoms with Crippen LogP contribution in [-0.2, 0) is 4.74 Å². The van der Waals surface area contributed by atoms with Crippen molar-refractivity contribution in [1.82, 2.24) is 0 Å². The fourth-order valence-electron chi connectivity index (χ4n) is 0.357. The monoisotopic (exact) mass is 160 g/mol. The van der Waals surface area contributed by atoms with Crippen molar-refractivity contribution < 1.29 is 4.74 Å². The van der Waals surface area contributed by atoms with Crippen LogP contribution in [0.2, 0.25) is 0 Å². The Morgan fingerprint density at radius 1 is 1.80 bits per heavy atom. The number of hydrogen-bond donors (Lipinski definition) is 1. The maximum atomic E-state index is 5.33. The maximum Gasteiger partial charge on any atom is 0.215 e. The van der Waals surface area contributed by atoms with Crippen molar-refractivity contribution in [2.45, 2.75) is 0 Å². The second-order valence-electron chi connectivity index (χ2n) is 1.38. The van der Waals surface area contributed by atoms with E-state index in [1.165, 1.54) is 19.4 Å². The highest BCUT2D eigenvalue weighted by Gasteiger charge is 1.90. The summed E-state index contributed by atoms with van der Waals surface area (Å²) in [6.07, 6.45) is 2.73. The molecule has 0 bridgehead atoms. The van der Waals surface area contributed by atoms with Crippen LogP contribution in [-0.4, -0.2) is 13.0 Å². The molecule has 0 aliphatic carbocycles. The summed E-state index contributed by atoms with van der Waals surface area (Å²) in [4.78, 5) is 3.70. The van der Waals surface area contributed by atoms with E-state index in [0.29, 0.717) is 5.90 Å². The lowest BCUT2D eigenvalue weighted by atomic mass is 10.6. The minimum absolute atomic E-state index is 0.127.